The molecule has 0 saturated heterocycles. The second-order valence-electron chi connectivity index (χ2n) is 5.81. The topological polar surface area (TPSA) is 12.0 Å². The summed E-state index contributed by atoms with van der Waals surface area (Å²) >= 11 is 1.97. The zero-order valence-corrected chi connectivity index (χ0v) is 11.7. The SMILES string of the molecule is CSCCC(C)NC1CCCC(C2CC2)C1. The molecule has 2 aliphatic carbocycles. The molecule has 0 aromatic carbocycles. The van der Waals surface area contributed by atoms with Gasteiger partial charge in [-0.25, -0.2) is 0 Å². The highest BCUT2D eigenvalue weighted by molar-refractivity contribution is 7.98. The fourth-order valence-corrected chi connectivity index (χ4v) is 3.74. The highest BCUT2D eigenvalue weighted by atomic mass is 32.2. The minimum atomic E-state index is 0.718. The quantitative estimate of drug-likeness (QED) is 0.761. The molecule has 16 heavy (non-hydrogen) atoms. The molecule has 94 valence electrons. The van der Waals surface area contributed by atoms with Gasteiger partial charge in [0.15, 0.2) is 0 Å². The average Bonchev–Trinajstić information content (AvgIpc) is 3.10. The molecule has 2 fully saturated rings. The van der Waals surface area contributed by atoms with E-state index in [1.807, 2.05) is 11.8 Å². The molecule has 0 radical (unpaired) electrons. The lowest BCUT2D eigenvalue weighted by molar-refractivity contribution is 0.248. The molecule has 1 N–H and O–H groups in total. The Hall–Kier alpha value is 0.310. The summed E-state index contributed by atoms with van der Waals surface area (Å²) in [5.74, 6) is 3.48. The van der Waals surface area contributed by atoms with E-state index in [4.69, 9.17) is 0 Å². The molecule has 0 heterocycles. The van der Waals surface area contributed by atoms with Crippen LogP contribution in [0.4, 0.5) is 0 Å². The van der Waals surface area contributed by atoms with Crippen molar-refractivity contribution in [1.29, 1.82) is 0 Å². The van der Waals surface area contributed by atoms with Gasteiger partial charge in [-0.05, 0) is 62.9 Å². The van der Waals surface area contributed by atoms with Crippen molar-refractivity contribution in [2.75, 3.05) is 12.0 Å². The van der Waals surface area contributed by atoms with Crippen molar-refractivity contribution in [2.45, 2.75) is 64.0 Å². The van der Waals surface area contributed by atoms with Crippen LogP contribution in [0.25, 0.3) is 0 Å². The maximum atomic E-state index is 3.85. The molecular weight excluding hydrogens is 214 g/mol. The van der Waals surface area contributed by atoms with Gasteiger partial charge < -0.3 is 5.32 Å². The largest absolute Gasteiger partial charge is 0.311 e. The van der Waals surface area contributed by atoms with E-state index in [9.17, 15) is 0 Å². The molecule has 0 amide bonds. The molecule has 0 bridgehead atoms. The zero-order valence-electron chi connectivity index (χ0n) is 10.9. The van der Waals surface area contributed by atoms with Gasteiger partial charge in [0.1, 0.15) is 0 Å². The van der Waals surface area contributed by atoms with Crippen LogP contribution in [0.2, 0.25) is 0 Å². The minimum absolute atomic E-state index is 0.718. The number of hydrogen-bond acceptors (Lipinski definition) is 2. The van der Waals surface area contributed by atoms with Crippen molar-refractivity contribution < 1.29 is 0 Å². The lowest BCUT2D eigenvalue weighted by atomic mass is 9.82. The minimum Gasteiger partial charge on any atom is -0.311 e. The molecule has 0 aromatic heterocycles. The summed E-state index contributed by atoms with van der Waals surface area (Å²) in [4.78, 5) is 0. The van der Waals surface area contributed by atoms with Crippen LogP contribution in [-0.4, -0.2) is 24.1 Å². The van der Waals surface area contributed by atoms with Crippen molar-refractivity contribution in [3.05, 3.63) is 0 Å². The number of rotatable bonds is 6. The first kappa shape index (κ1) is 12.8. The van der Waals surface area contributed by atoms with Gasteiger partial charge in [-0.3, -0.25) is 0 Å². The van der Waals surface area contributed by atoms with Crippen molar-refractivity contribution in [2.24, 2.45) is 11.8 Å². The molecule has 0 aliphatic heterocycles. The number of nitrogens with one attached hydrogen (secondary N) is 1. The van der Waals surface area contributed by atoms with Crippen molar-refractivity contribution in [1.82, 2.24) is 5.32 Å². The Morgan fingerprint density at radius 3 is 2.69 bits per heavy atom. The van der Waals surface area contributed by atoms with Crippen LogP contribution in [0.1, 0.15) is 51.9 Å². The van der Waals surface area contributed by atoms with E-state index in [2.05, 4.69) is 18.5 Å². The third-order valence-corrected chi connectivity index (χ3v) is 4.92. The van der Waals surface area contributed by atoms with Gasteiger partial charge in [0, 0.05) is 12.1 Å². The molecule has 0 aromatic rings. The molecule has 2 heteroatoms. The highest BCUT2D eigenvalue weighted by Crippen LogP contribution is 2.43. The Balaban J connectivity index is 1.67. The maximum absolute atomic E-state index is 3.85. The van der Waals surface area contributed by atoms with Crippen LogP contribution in [-0.2, 0) is 0 Å². The summed E-state index contributed by atoms with van der Waals surface area (Å²) in [6, 6.07) is 1.55. The summed E-state index contributed by atoms with van der Waals surface area (Å²) < 4.78 is 0. The van der Waals surface area contributed by atoms with Crippen molar-refractivity contribution >= 4 is 11.8 Å². The van der Waals surface area contributed by atoms with E-state index < -0.39 is 0 Å². The monoisotopic (exact) mass is 241 g/mol. The molecule has 3 unspecified atom stereocenters. The number of thioether (sulfide) groups is 1. The van der Waals surface area contributed by atoms with Gasteiger partial charge in [-0.15, -0.1) is 0 Å². The molecule has 1 nitrogen and oxygen atoms in total. The van der Waals surface area contributed by atoms with Gasteiger partial charge in [-0.1, -0.05) is 12.8 Å². The summed E-state index contributed by atoms with van der Waals surface area (Å²) in [7, 11) is 0. The third-order valence-electron chi connectivity index (χ3n) is 4.28. The van der Waals surface area contributed by atoms with Crippen molar-refractivity contribution in [3.63, 3.8) is 0 Å². The number of hydrogen-bond donors (Lipinski definition) is 1. The third kappa shape index (κ3) is 3.96. The van der Waals surface area contributed by atoms with Crippen LogP contribution in [0.3, 0.4) is 0 Å². The summed E-state index contributed by atoms with van der Waals surface area (Å²) in [6.45, 7) is 2.36. The lowest BCUT2D eigenvalue weighted by Gasteiger charge is -2.32. The summed E-state index contributed by atoms with van der Waals surface area (Å²) in [5.41, 5.74) is 0. The van der Waals surface area contributed by atoms with Gasteiger partial charge in [-0.2, -0.15) is 11.8 Å². The Bertz CT molecular complexity index is 203. The smallest absolute Gasteiger partial charge is 0.00722 e. The highest BCUT2D eigenvalue weighted by Gasteiger charge is 2.34. The van der Waals surface area contributed by atoms with E-state index in [1.54, 1.807) is 0 Å². The summed E-state index contributed by atoms with van der Waals surface area (Å²) in [6.07, 6.45) is 12.5. The first-order valence-electron chi connectivity index (χ1n) is 7.04. The van der Waals surface area contributed by atoms with Gasteiger partial charge in [0.05, 0.1) is 0 Å². The van der Waals surface area contributed by atoms with Crippen molar-refractivity contribution in [3.8, 4) is 0 Å². The Morgan fingerprint density at radius 2 is 2.00 bits per heavy atom. The molecule has 2 saturated carbocycles. The Morgan fingerprint density at radius 1 is 1.19 bits per heavy atom. The predicted molar refractivity (Wildman–Crippen MR) is 74.1 cm³/mol. The standard InChI is InChI=1S/C14H27NS/c1-11(8-9-16-2)15-14-5-3-4-13(10-14)12-6-7-12/h11-15H,3-10H2,1-2H3. The van der Waals surface area contributed by atoms with E-state index in [0.717, 1.165) is 23.9 Å². The van der Waals surface area contributed by atoms with Gasteiger partial charge >= 0.3 is 0 Å². The fourth-order valence-electron chi connectivity index (χ4n) is 3.16. The fraction of sp³-hybridized carbons (Fsp3) is 1.00. The molecule has 2 aliphatic rings. The molecular formula is C14H27NS. The predicted octanol–water partition coefficient (Wildman–Crippen LogP) is 3.69. The lowest BCUT2D eigenvalue weighted by Crippen LogP contribution is -2.40. The Labute approximate surface area is 105 Å². The molecule has 0 spiro atoms. The van der Waals surface area contributed by atoms with Gasteiger partial charge in [0.2, 0.25) is 0 Å². The Kier molecular flexibility index (Phi) is 5.02. The molecule has 2 rings (SSSR count). The van der Waals surface area contributed by atoms with Crippen LogP contribution >= 0.6 is 11.8 Å². The van der Waals surface area contributed by atoms with Crippen LogP contribution in [0.5, 0.6) is 0 Å². The van der Waals surface area contributed by atoms with E-state index in [1.165, 1.54) is 50.7 Å². The van der Waals surface area contributed by atoms with Gasteiger partial charge in [0.25, 0.3) is 0 Å². The van der Waals surface area contributed by atoms with Crippen LogP contribution in [0.15, 0.2) is 0 Å². The summed E-state index contributed by atoms with van der Waals surface area (Å²) in [5, 5.41) is 3.85. The first-order chi connectivity index (χ1) is 7.79. The van der Waals surface area contributed by atoms with E-state index >= 15 is 0 Å². The maximum Gasteiger partial charge on any atom is 0.00722 e. The first-order valence-corrected chi connectivity index (χ1v) is 8.44. The molecule has 3 atom stereocenters. The van der Waals surface area contributed by atoms with Crippen LogP contribution < -0.4 is 5.32 Å². The normalized spacial score (nSPS) is 32.6. The van der Waals surface area contributed by atoms with E-state index in [0.29, 0.717) is 0 Å². The second kappa shape index (κ2) is 6.30. The average molecular weight is 241 g/mol. The van der Waals surface area contributed by atoms with E-state index in [-0.39, 0.29) is 0 Å². The van der Waals surface area contributed by atoms with Crippen LogP contribution in [0, 0.1) is 11.8 Å². The zero-order chi connectivity index (χ0) is 11.4. The second-order valence-corrected chi connectivity index (χ2v) is 6.80.